The van der Waals surface area contributed by atoms with Crippen molar-refractivity contribution in [2.24, 2.45) is 10.4 Å². The Morgan fingerprint density at radius 3 is 2.11 bits per heavy atom. The molecule has 1 aliphatic carbocycles. The van der Waals surface area contributed by atoms with Gasteiger partial charge in [0.25, 0.3) is 0 Å². The fraction of sp³-hybridized carbons (Fsp3) is 0.650. The van der Waals surface area contributed by atoms with Crippen LogP contribution in [0.25, 0.3) is 0 Å². The molecule has 6 nitrogen and oxygen atoms in total. The van der Waals surface area contributed by atoms with Crippen LogP contribution < -0.4 is 24.8 Å². The maximum absolute atomic E-state index is 5.49. The molecule has 0 atom stereocenters. The normalized spacial score (nSPS) is 15.7. The average Bonchev–Trinajstić information content (AvgIpc) is 3.16. The minimum absolute atomic E-state index is 0. The molecule has 2 N–H and O–H groups in total. The number of hydrogen-bond donors (Lipinski definition) is 2. The lowest BCUT2D eigenvalue weighted by Crippen LogP contribution is -2.42. The van der Waals surface area contributed by atoms with Crippen molar-refractivity contribution in [1.29, 1.82) is 0 Å². The lowest BCUT2D eigenvalue weighted by atomic mass is 9.83. The fourth-order valence-electron chi connectivity index (χ4n) is 3.68. The zero-order chi connectivity index (χ0) is 19.0. The molecule has 0 radical (unpaired) electrons. The summed E-state index contributed by atoms with van der Waals surface area (Å²) in [7, 11) is 6.71. The summed E-state index contributed by atoms with van der Waals surface area (Å²) in [6.45, 7) is 3.84. The molecule has 154 valence electrons. The van der Waals surface area contributed by atoms with Crippen molar-refractivity contribution < 1.29 is 14.2 Å². The summed E-state index contributed by atoms with van der Waals surface area (Å²) in [5, 5.41) is 6.88. The van der Waals surface area contributed by atoms with E-state index in [1.165, 1.54) is 32.1 Å². The molecule has 0 aliphatic heterocycles. The van der Waals surface area contributed by atoms with Crippen molar-refractivity contribution in [3.05, 3.63) is 17.7 Å². The summed E-state index contributed by atoms with van der Waals surface area (Å²) >= 11 is 0. The van der Waals surface area contributed by atoms with Crippen LogP contribution in [0.3, 0.4) is 0 Å². The third kappa shape index (κ3) is 6.05. The molecular weight excluding hydrogens is 457 g/mol. The number of benzene rings is 1. The summed E-state index contributed by atoms with van der Waals surface area (Å²) in [5.74, 6) is 2.90. The highest BCUT2D eigenvalue weighted by Gasteiger charge is 2.31. The summed E-state index contributed by atoms with van der Waals surface area (Å²) in [6.07, 6.45) is 6.49. The summed E-state index contributed by atoms with van der Waals surface area (Å²) < 4.78 is 16.2. The Balaban J connectivity index is 0.00000364. The fourth-order valence-corrected chi connectivity index (χ4v) is 3.68. The Labute approximate surface area is 180 Å². The van der Waals surface area contributed by atoms with Gasteiger partial charge in [-0.05, 0) is 30.7 Å². The lowest BCUT2D eigenvalue weighted by molar-refractivity contribution is 0.283. The van der Waals surface area contributed by atoms with Crippen LogP contribution in [0, 0.1) is 5.41 Å². The highest BCUT2D eigenvalue weighted by molar-refractivity contribution is 14.0. The first-order chi connectivity index (χ1) is 12.6. The van der Waals surface area contributed by atoms with Gasteiger partial charge in [-0.25, -0.2) is 0 Å². The standard InChI is InChI=1S/C20H33N3O3.HI/c1-6-20(9-7-8-10-20)14-23-19(21-2)22-13-15-11-17(25-4)18(26-5)12-16(15)24-3;/h11-12H,6-10,13-14H2,1-5H3,(H2,21,22,23);1H. The van der Waals surface area contributed by atoms with Gasteiger partial charge in [0.15, 0.2) is 17.5 Å². The van der Waals surface area contributed by atoms with Gasteiger partial charge < -0.3 is 24.8 Å². The van der Waals surface area contributed by atoms with Crippen LogP contribution in [0.2, 0.25) is 0 Å². The zero-order valence-corrected chi connectivity index (χ0v) is 19.5. The first-order valence-electron chi connectivity index (χ1n) is 9.34. The van der Waals surface area contributed by atoms with Crippen molar-refractivity contribution in [2.45, 2.75) is 45.6 Å². The van der Waals surface area contributed by atoms with Crippen LogP contribution in [-0.4, -0.2) is 40.9 Å². The van der Waals surface area contributed by atoms with E-state index in [2.05, 4.69) is 22.5 Å². The quantitative estimate of drug-likeness (QED) is 0.328. The molecular formula is C20H34IN3O3. The van der Waals surface area contributed by atoms with E-state index in [1.54, 1.807) is 28.4 Å². The number of hydrogen-bond acceptors (Lipinski definition) is 4. The Kier molecular flexibility index (Phi) is 10.0. The molecule has 7 heteroatoms. The van der Waals surface area contributed by atoms with Gasteiger partial charge in [-0.1, -0.05) is 19.8 Å². The van der Waals surface area contributed by atoms with Crippen molar-refractivity contribution >= 4 is 29.9 Å². The minimum Gasteiger partial charge on any atom is -0.496 e. The van der Waals surface area contributed by atoms with Crippen molar-refractivity contribution in [3.8, 4) is 17.2 Å². The van der Waals surface area contributed by atoms with Gasteiger partial charge in [-0.3, -0.25) is 4.99 Å². The van der Waals surface area contributed by atoms with E-state index in [-0.39, 0.29) is 24.0 Å². The van der Waals surface area contributed by atoms with E-state index >= 15 is 0 Å². The van der Waals surface area contributed by atoms with Crippen molar-refractivity contribution in [3.63, 3.8) is 0 Å². The number of halogens is 1. The van der Waals surface area contributed by atoms with Gasteiger partial charge in [0.1, 0.15) is 5.75 Å². The molecule has 0 bridgehead atoms. The third-order valence-electron chi connectivity index (χ3n) is 5.50. The minimum atomic E-state index is 0. The zero-order valence-electron chi connectivity index (χ0n) is 17.2. The van der Waals surface area contributed by atoms with Crippen molar-refractivity contribution in [1.82, 2.24) is 10.6 Å². The number of nitrogens with one attached hydrogen (secondary N) is 2. The molecule has 0 saturated heterocycles. The number of ether oxygens (including phenoxy) is 3. The molecule has 0 unspecified atom stereocenters. The molecule has 1 aliphatic rings. The number of rotatable bonds is 8. The predicted octanol–water partition coefficient (Wildman–Crippen LogP) is 3.97. The molecule has 1 fully saturated rings. The summed E-state index contributed by atoms with van der Waals surface area (Å²) in [4.78, 5) is 4.36. The topological polar surface area (TPSA) is 64.1 Å². The molecule has 0 aromatic heterocycles. The van der Waals surface area contributed by atoms with Gasteiger partial charge in [-0.15, -0.1) is 24.0 Å². The van der Waals surface area contributed by atoms with Gasteiger partial charge in [-0.2, -0.15) is 0 Å². The molecule has 0 amide bonds. The van der Waals surface area contributed by atoms with Gasteiger partial charge in [0.05, 0.1) is 21.3 Å². The van der Waals surface area contributed by atoms with Crippen LogP contribution >= 0.6 is 24.0 Å². The van der Waals surface area contributed by atoms with Gasteiger partial charge in [0, 0.05) is 31.8 Å². The van der Waals surface area contributed by atoms with Crippen LogP contribution in [0.4, 0.5) is 0 Å². The second-order valence-electron chi connectivity index (χ2n) is 6.86. The van der Waals surface area contributed by atoms with E-state index in [4.69, 9.17) is 14.2 Å². The van der Waals surface area contributed by atoms with E-state index in [9.17, 15) is 0 Å². The number of nitrogens with zero attached hydrogens (tertiary/aromatic N) is 1. The predicted molar refractivity (Wildman–Crippen MR) is 121 cm³/mol. The van der Waals surface area contributed by atoms with Gasteiger partial charge in [0.2, 0.25) is 0 Å². The highest BCUT2D eigenvalue weighted by atomic mass is 127. The average molecular weight is 491 g/mol. The van der Waals surface area contributed by atoms with E-state index < -0.39 is 0 Å². The lowest BCUT2D eigenvalue weighted by Gasteiger charge is -2.28. The SMILES string of the molecule is CCC1(CNC(=NC)NCc2cc(OC)c(OC)cc2OC)CCCC1.I. The Hall–Kier alpha value is -1.38. The Bertz CT molecular complexity index is 617. The molecule has 1 saturated carbocycles. The largest absolute Gasteiger partial charge is 0.496 e. The number of aliphatic imine (C=N–C) groups is 1. The van der Waals surface area contributed by atoms with Crippen LogP contribution in [0.1, 0.15) is 44.6 Å². The highest BCUT2D eigenvalue weighted by Crippen LogP contribution is 2.40. The summed E-state index contributed by atoms with van der Waals surface area (Å²) in [6, 6.07) is 3.78. The molecule has 1 aromatic carbocycles. The molecule has 0 heterocycles. The smallest absolute Gasteiger partial charge is 0.191 e. The number of methoxy groups -OCH3 is 3. The second-order valence-corrected chi connectivity index (χ2v) is 6.86. The van der Waals surface area contributed by atoms with E-state index in [0.29, 0.717) is 23.5 Å². The first-order valence-corrected chi connectivity index (χ1v) is 9.34. The van der Waals surface area contributed by atoms with Crippen molar-refractivity contribution in [2.75, 3.05) is 34.9 Å². The first kappa shape index (κ1) is 23.7. The molecule has 0 spiro atoms. The maximum Gasteiger partial charge on any atom is 0.191 e. The van der Waals surface area contributed by atoms with Crippen LogP contribution in [-0.2, 0) is 6.54 Å². The maximum atomic E-state index is 5.49. The third-order valence-corrected chi connectivity index (χ3v) is 5.50. The Morgan fingerprint density at radius 1 is 1.00 bits per heavy atom. The van der Waals surface area contributed by atoms with Gasteiger partial charge >= 0.3 is 0 Å². The second kappa shape index (κ2) is 11.5. The number of guanidine groups is 1. The Morgan fingerprint density at radius 2 is 1.59 bits per heavy atom. The van der Waals surface area contributed by atoms with Crippen LogP contribution in [0.5, 0.6) is 17.2 Å². The monoisotopic (exact) mass is 491 g/mol. The molecule has 27 heavy (non-hydrogen) atoms. The molecule has 1 aromatic rings. The van der Waals surface area contributed by atoms with Crippen LogP contribution in [0.15, 0.2) is 17.1 Å². The van der Waals surface area contributed by atoms with E-state index in [1.807, 2.05) is 12.1 Å². The van der Waals surface area contributed by atoms with E-state index in [0.717, 1.165) is 23.8 Å². The summed E-state index contributed by atoms with van der Waals surface area (Å²) in [5.41, 5.74) is 1.40. The molecule has 2 rings (SSSR count).